The van der Waals surface area contributed by atoms with Crippen molar-refractivity contribution in [2.75, 3.05) is 13.2 Å². The number of amides is 1. The molecule has 1 amide bonds. The first-order chi connectivity index (χ1) is 10.6. The van der Waals surface area contributed by atoms with Gasteiger partial charge in [0, 0.05) is 6.20 Å². The molecule has 1 atom stereocenters. The summed E-state index contributed by atoms with van der Waals surface area (Å²) in [6, 6.07) is 8.38. The van der Waals surface area contributed by atoms with Gasteiger partial charge in [-0.3, -0.25) is 9.59 Å². The third-order valence-electron chi connectivity index (χ3n) is 3.48. The highest BCUT2D eigenvalue weighted by atomic mass is 16.6. The Morgan fingerprint density at radius 1 is 1.23 bits per heavy atom. The van der Waals surface area contributed by atoms with E-state index in [0.29, 0.717) is 24.7 Å². The fourth-order valence-corrected chi connectivity index (χ4v) is 2.29. The molecule has 1 aromatic carbocycles. The number of hydrogen-bond donors (Lipinski definition) is 2. The average Bonchev–Trinajstić information content (AvgIpc) is 2.54. The highest BCUT2D eigenvalue weighted by Crippen LogP contribution is 2.32. The first-order valence-electron chi connectivity index (χ1n) is 7.03. The number of fused-ring (bicyclic) bond motifs is 1. The Labute approximate surface area is 127 Å². The minimum Gasteiger partial charge on any atom is -0.486 e. The molecule has 2 heterocycles. The fraction of sp³-hybridized carbons (Fsp3) is 0.250. The minimum atomic E-state index is -0.413. The molecule has 2 aromatic rings. The van der Waals surface area contributed by atoms with Crippen molar-refractivity contribution in [3.8, 4) is 11.5 Å². The molecule has 0 bridgehead atoms. The second-order valence-corrected chi connectivity index (χ2v) is 5.01. The van der Waals surface area contributed by atoms with Crippen LogP contribution in [0.25, 0.3) is 0 Å². The maximum absolute atomic E-state index is 12.2. The van der Waals surface area contributed by atoms with Crippen LogP contribution in [0.4, 0.5) is 0 Å². The lowest BCUT2D eigenvalue weighted by molar-refractivity contribution is 0.0938. The normalized spacial score (nSPS) is 14.2. The van der Waals surface area contributed by atoms with E-state index in [9.17, 15) is 9.59 Å². The summed E-state index contributed by atoms with van der Waals surface area (Å²) >= 11 is 0. The van der Waals surface area contributed by atoms with Gasteiger partial charge < -0.3 is 19.8 Å². The second kappa shape index (κ2) is 5.93. The van der Waals surface area contributed by atoms with Crippen LogP contribution in [0, 0.1) is 0 Å². The van der Waals surface area contributed by atoms with Gasteiger partial charge in [0.2, 0.25) is 0 Å². The van der Waals surface area contributed by atoms with Crippen LogP contribution in [-0.4, -0.2) is 24.1 Å². The summed E-state index contributed by atoms with van der Waals surface area (Å²) in [6.45, 7) is 2.90. The highest BCUT2D eigenvalue weighted by Gasteiger charge is 2.17. The first kappa shape index (κ1) is 14.2. The van der Waals surface area contributed by atoms with E-state index in [4.69, 9.17) is 9.47 Å². The number of rotatable bonds is 3. The van der Waals surface area contributed by atoms with Crippen LogP contribution < -0.4 is 20.3 Å². The van der Waals surface area contributed by atoms with Crippen LogP contribution in [0.3, 0.4) is 0 Å². The zero-order valence-corrected chi connectivity index (χ0v) is 12.1. The lowest BCUT2D eigenvalue weighted by Gasteiger charge is -2.21. The number of pyridine rings is 1. The smallest absolute Gasteiger partial charge is 0.260 e. The zero-order valence-electron chi connectivity index (χ0n) is 12.1. The minimum absolute atomic E-state index is 0.0897. The van der Waals surface area contributed by atoms with Crippen LogP contribution in [0.15, 0.2) is 41.3 Å². The van der Waals surface area contributed by atoms with Gasteiger partial charge in [-0.25, -0.2) is 0 Å². The van der Waals surface area contributed by atoms with E-state index in [2.05, 4.69) is 10.3 Å². The topological polar surface area (TPSA) is 80.4 Å². The van der Waals surface area contributed by atoms with Gasteiger partial charge in [0.15, 0.2) is 11.5 Å². The lowest BCUT2D eigenvalue weighted by Crippen LogP contribution is -2.31. The Balaban J connectivity index is 1.77. The van der Waals surface area contributed by atoms with Crippen molar-refractivity contribution in [3.05, 3.63) is 58.0 Å². The maximum Gasteiger partial charge on any atom is 0.260 e. The van der Waals surface area contributed by atoms with E-state index in [0.717, 1.165) is 5.56 Å². The van der Waals surface area contributed by atoms with E-state index in [1.165, 1.54) is 12.3 Å². The third kappa shape index (κ3) is 2.81. The van der Waals surface area contributed by atoms with Gasteiger partial charge in [0.1, 0.15) is 18.8 Å². The number of nitrogens with one attached hydrogen (secondary N) is 2. The van der Waals surface area contributed by atoms with E-state index in [1.54, 1.807) is 6.07 Å². The van der Waals surface area contributed by atoms with Crippen LogP contribution in [0.5, 0.6) is 11.5 Å². The van der Waals surface area contributed by atoms with Crippen molar-refractivity contribution in [2.24, 2.45) is 0 Å². The average molecular weight is 300 g/mol. The molecule has 0 radical (unpaired) electrons. The SMILES string of the molecule is CC(NC(=O)c1ccc[nH]c1=O)c1ccc2c(c1)OCCO2. The second-order valence-electron chi connectivity index (χ2n) is 5.01. The Morgan fingerprint density at radius 2 is 2.00 bits per heavy atom. The summed E-state index contributed by atoms with van der Waals surface area (Å²) < 4.78 is 11.0. The molecule has 114 valence electrons. The van der Waals surface area contributed by atoms with E-state index < -0.39 is 11.5 Å². The van der Waals surface area contributed by atoms with E-state index >= 15 is 0 Å². The van der Waals surface area contributed by atoms with Gasteiger partial charge >= 0.3 is 0 Å². The molecule has 2 N–H and O–H groups in total. The monoisotopic (exact) mass is 300 g/mol. The summed E-state index contributed by atoms with van der Waals surface area (Å²) in [4.78, 5) is 26.3. The van der Waals surface area contributed by atoms with Gasteiger partial charge in [0.05, 0.1) is 6.04 Å². The van der Waals surface area contributed by atoms with Gasteiger partial charge in [0.25, 0.3) is 11.5 Å². The van der Waals surface area contributed by atoms with Crippen molar-refractivity contribution in [2.45, 2.75) is 13.0 Å². The van der Waals surface area contributed by atoms with Gasteiger partial charge in [-0.15, -0.1) is 0 Å². The predicted molar refractivity (Wildman–Crippen MR) is 80.4 cm³/mol. The molecule has 0 aliphatic carbocycles. The van der Waals surface area contributed by atoms with Gasteiger partial charge in [-0.05, 0) is 36.8 Å². The number of aromatic amines is 1. The summed E-state index contributed by atoms with van der Waals surface area (Å²) in [5.41, 5.74) is 0.561. The summed E-state index contributed by atoms with van der Waals surface area (Å²) in [7, 11) is 0. The molecule has 22 heavy (non-hydrogen) atoms. The number of H-pyrrole nitrogens is 1. The van der Waals surface area contributed by atoms with Gasteiger partial charge in [-0.1, -0.05) is 6.07 Å². The van der Waals surface area contributed by atoms with Crippen molar-refractivity contribution in [3.63, 3.8) is 0 Å². The van der Waals surface area contributed by atoms with Crippen LogP contribution >= 0.6 is 0 Å². The summed E-state index contributed by atoms with van der Waals surface area (Å²) in [6.07, 6.45) is 1.49. The number of carbonyl (C=O) groups excluding carboxylic acids is 1. The Hall–Kier alpha value is -2.76. The van der Waals surface area contributed by atoms with E-state index in [1.807, 2.05) is 25.1 Å². The first-order valence-corrected chi connectivity index (χ1v) is 7.03. The van der Waals surface area contributed by atoms with Crippen molar-refractivity contribution < 1.29 is 14.3 Å². The summed E-state index contributed by atoms with van der Waals surface area (Å²) in [5, 5.41) is 2.80. The van der Waals surface area contributed by atoms with Crippen molar-refractivity contribution >= 4 is 5.91 Å². The standard InChI is InChI=1S/C16H16N2O4/c1-10(18-16(20)12-3-2-6-17-15(12)19)11-4-5-13-14(9-11)22-8-7-21-13/h2-6,9-10H,7-8H2,1H3,(H,17,19)(H,18,20). The molecule has 1 aromatic heterocycles. The quantitative estimate of drug-likeness (QED) is 0.903. The molecule has 3 rings (SSSR count). The Morgan fingerprint density at radius 3 is 2.77 bits per heavy atom. The lowest BCUT2D eigenvalue weighted by atomic mass is 10.1. The predicted octanol–water partition coefficient (Wildman–Crippen LogP) is 1.64. The number of aromatic nitrogens is 1. The molecular weight excluding hydrogens is 284 g/mol. The molecule has 0 fully saturated rings. The molecule has 0 spiro atoms. The van der Waals surface area contributed by atoms with Crippen LogP contribution in [-0.2, 0) is 0 Å². The number of ether oxygens (including phenoxy) is 2. The number of carbonyl (C=O) groups is 1. The van der Waals surface area contributed by atoms with E-state index in [-0.39, 0.29) is 11.6 Å². The van der Waals surface area contributed by atoms with Crippen LogP contribution in [0.2, 0.25) is 0 Å². The Bertz CT molecular complexity index is 754. The molecule has 6 heteroatoms. The molecule has 0 saturated heterocycles. The summed E-state index contributed by atoms with van der Waals surface area (Å²) in [5.74, 6) is 0.958. The zero-order chi connectivity index (χ0) is 15.5. The third-order valence-corrected chi connectivity index (χ3v) is 3.48. The molecule has 1 unspecified atom stereocenters. The largest absolute Gasteiger partial charge is 0.486 e. The fourth-order valence-electron chi connectivity index (χ4n) is 2.29. The molecule has 1 aliphatic heterocycles. The number of hydrogen-bond acceptors (Lipinski definition) is 4. The van der Waals surface area contributed by atoms with Crippen molar-refractivity contribution in [1.82, 2.24) is 10.3 Å². The molecule has 0 saturated carbocycles. The molecule has 1 aliphatic rings. The van der Waals surface area contributed by atoms with Crippen LogP contribution in [0.1, 0.15) is 28.9 Å². The molecule has 6 nitrogen and oxygen atoms in total. The van der Waals surface area contributed by atoms with Crippen molar-refractivity contribution in [1.29, 1.82) is 0 Å². The Kier molecular flexibility index (Phi) is 3.82. The van der Waals surface area contributed by atoms with Gasteiger partial charge in [-0.2, -0.15) is 0 Å². The maximum atomic E-state index is 12.2. The molecular formula is C16H16N2O4. The number of benzene rings is 1. The highest BCUT2D eigenvalue weighted by molar-refractivity contribution is 5.94.